The topological polar surface area (TPSA) is 84.0 Å². The number of carbonyl (C=O) groups excluding carboxylic acids is 2. The Hall–Kier alpha value is -2.45. The number of fused-ring (bicyclic) bond motifs is 3. The van der Waals surface area contributed by atoms with E-state index < -0.39 is 0 Å². The third-order valence-electron chi connectivity index (χ3n) is 4.72. The first-order chi connectivity index (χ1) is 14.0. The predicted octanol–water partition coefficient (Wildman–Crippen LogP) is 4.57. The standard InChI is InChI=1S/C21H22N4O2S2/c1-12-22-20(19-16-5-3-4-6-17(16)29-21(19)23-12)28-11-18(27)25-15-9-7-14(8-10-15)24-13(2)26/h7-10H,3-6,11H2,1-2H3,(H,24,26)(H,25,27). The predicted molar refractivity (Wildman–Crippen MR) is 119 cm³/mol. The maximum atomic E-state index is 12.5. The van der Waals surface area contributed by atoms with Gasteiger partial charge in [0.25, 0.3) is 0 Å². The van der Waals surface area contributed by atoms with Gasteiger partial charge in [-0.2, -0.15) is 0 Å². The largest absolute Gasteiger partial charge is 0.326 e. The molecule has 0 saturated carbocycles. The number of thiophene rings is 1. The van der Waals surface area contributed by atoms with E-state index in [1.165, 1.54) is 42.0 Å². The molecule has 3 aromatic rings. The number of nitrogens with one attached hydrogen (secondary N) is 2. The maximum Gasteiger partial charge on any atom is 0.234 e. The minimum absolute atomic E-state index is 0.0872. The summed E-state index contributed by atoms with van der Waals surface area (Å²) in [7, 11) is 0. The molecule has 0 radical (unpaired) electrons. The van der Waals surface area contributed by atoms with Gasteiger partial charge in [-0.1, -0.05) is 11.8 Å². The van der Waals surface area contributed by atoms with E-state index in [1.807, 2.05) is 6.92 Å². The molecule has 2 aromatic heterocycles. The second-order valence-corrected chi connectivity index (χ2v) is 9.11. The van der Waals surface area contributed by atoms with E-state index in [9.17, 15) is 9.59 Å². The van der Waals surface area contributed by atoms with Crippen molar-refractivity contribution in [1.29, 1.82) is 0 Å². The fraction of sp³-hybridized carbons (Fsp3) is 0.333. The van der Waals surface area contributed by atoms with Crippen LogP contribution in [0.2, 0.25) is 0 Å². The third kappa shape index (κ3) is 4.59. The molecule has 6 nitrogen and oxygen atoms in total. The van der Waals surface area contributed by atoms with E-state index in [4.69, 9.17) is 0 Å². The number of aryl methyl sites for hydroxylation is 3. The molecule has 0 unspecified atom stereocenters. The summed E-state index contributed by atoms with van der Waals surface area (Å²) in [6.45, 7) is 3.36. The van der Waals surface area contributed by atoms with E-state index >= 15 is 0 Å². The number of thioether (sulfide) groups is 1. The van der Waals surface area contributed by atoms with Gasteiger partial charge in [0.2, 0.25) is 11.8 Å². The Morgan fingerprint density at radius 2 is 1.76 bits per heavy atom. The molecule has 1 aliphatic carbocycles. The van der Waals surface area contributed by atoms with Gasteiger partial charge in [0.15, 0.2) is 0 Å². The van der Waals surface area contributed by atoms with Crippen LogP contribution in [0.4, 0.5) is 11.4 Å². The van der Waals surface area contributed by atoms with Crippen LogP contribution in [0.3, 0.4) is 0 Å². The van der Waals surface area contributed by atoms with Gasteiger partial charge < -0.3 is 10.6 Å². The zero-order valence-corrected chi connectivity index (χ0v) is 18.0. The highest BCUT2D eigenvalue weighted by atomic mass is 32.2. The Kier molecular flexibility index (Phi) is 5.82. The molecular weight excluding hydrogens is 404 g/mol. The minimum atomic E-state index is -0.125. The molecule has 0 bridgehead atoms. The maximum absolute atomic E-state index is 12.5. The summed E-state index contributed by atoms with van der Waals surface area (Å²) in [4.78, 5) is 35.3. The Labute approximate surface area is 177 Å². The first kappa shape index (κ1) is 19.8. The molecule has 2 amide bonds. The second-order valence-electron chi connectivity index (χ2n) is 7.06. The van der Waals surface area contributed by atoms with Crippen LogP contribution < -0.4 is 10.6 Å². The number of hydrogen-bond acceptors (Lipinski definition) is 6. The van der Waals surface area contributed by atoms with Crippen molar-refractivity contribution in [1.82, 2.24) is 9.97 Å². The monoisotopic (exact) mass is 426 g/mol. The number of amides is 2. The summed E-state index contributed by atoms with van der Waals surface area (Å²) in [5.74, 6) is 0.812. The van der Waals surface area contributed by atoms with Crippen molar-refractivity contribution in [2.24, 2.45) is 0 Å². The summed E-state index contributed by atoms with van der Waals surface area (Å²) >= 11 is 3.24. The van der Waals surface area contributed by atoms with E-state index in [0.717, 1.165) is 33.9 Å². The fourth-order valence-electron chi connectivity index (χ4n) is 3.50. The van der Waals surface area contributed by atoms with Crippen molar-refractivity contribution in [3.05, 3.63) is 40.5 Å². The van der Waals surface area contributed by atoms with Crippen molar-refractivity contribution in [3.63, 3.8) is 0 Å². The zero-order chi connectivity index (χ0) is 20.4. The normalized spacial score (nSPS) is 13.2. The number of aromatic nitrogens is 2. The van der Waals surface area contributed by atoms with Crippen LogP contribution in [0.5, 0.6) is 0 Å². The Morgan fingerprint density at radius 1 is 1.07 bits per heavy atom. The molecule has 8 heteroatoms. The molecule has 0 spiro atoms. The smallest absolute Gasteiger partial charge is 0.234 e. The first-order valence-corrected chi connectivity index (χ1v) is 11.4. The average Bonchev–Trinajstić information content (AvgIpc) is 3.05. The highest BCUT2D eigenvalue weighted by Crippen LogP contribution is 2.39. The highest BCUT2D eigenvalue weighted by Gasteiger charge is 2.21. The van der Waals surface area contributed by atoms with Gasteiger partial charge in [0, 0.05) is 28.6 Å². The number of anilines is 2. The number of benzene rings is 1. The Bertz CT molecular complexity index is 1080. The van der Waals surface area contributed by atoms with Gasteiger partial charge in [0.05, 0.1) is 5.75 Å². The molecule has 2 heterocycles. The van der Waals surface area contributed by atoms with Crippen LogP contribution in [-0.2, 0) is 22.4 Å². The van der Waals surface area contributed by atoms with Crippen LogP contribution in [0.15, 0.2) is 29.3 Å². The average molecular weight is 427 g/mol. The molecule has 0 fully saturated rings. The second kappa shape index (κ2) is 8.51. The number of carbonyl (C=O) groups is 2. The van der Waals surface area contributed by atoms with Gasteiger partial charge in [-0.15, -0.1) is 11.3 Å². The summed E-state index contributed by atoms with van der Waals surface area (Å²) in [5.41, 5.74) is 2.78. The van der Waals surface area contributed by atoms with Crippen LogP contribution >= 0.6 is 23.1 Å². The van der Waals surface area contributed by atoms with Crippen molar-refractivity contribution in [2.45, 2.75) is 44.6 Å². The quantitative estimate of drug-likeness (QED) is 0.461. The van der Waals surface area contributed by atoms with E-state index in [-0.39, 0.29) is 17.6 Å². The van der Waals surface area contributed by atoms with Gasteiger partial charge in [0.1, 0.15) is 15.7 Å². The lowest BCUT2D eigenvalue weighted by Crippen LogP contribution is -2.14. The molecule has 0 atom stereocenters. The van der Waals surface area contributed by atoms with E-state index in [2.05, 4.69) is 20.6 Å². The summed E-state index contributed by atoms with van der Waals surface area (Å²) in [5, 5.41) is 7.66. The SMILES string of the molecule is CC(=O)Nc1ccc(NC(=O)CSc2nc(C)nc3sc4c(c23)CCCC4)cc1. The summed E-state index contributed by atoms with van der Waals surface area (Å²) in [6, 6.07) is 7.07. The minimum Gasteiger partial charge on any atom is -0.326 e. The lowest BCUT2D eigenvalue weighted by Gasteiger charge is -2.12. The Morgan fingerprint density at radius 3 is 2.48 bits per heavy atom. The van der Waals surface area contributed by atoms with E-state index in [1.54, 1.807) is 35.6 Å². The number of rotatable bonds is 5. The van der Waals surface area contributed by atoms with Crippen molar-refractivity contribution in [3.8, 4) is 0 Å². The number of hydrogen-bond donors (Lipinski definition) is 2. The highest BCUT2D eigenvalue weighted by molar-refractivity contribution is 8.00. The van der Waals surface area contributed by atoms with Crippen LogP contribution in [0.25, 0.3) is 10.2 Å². The summed E-state index contributed by atoms with van der Waals surface area (Å²) in [6.07, 6.45) is 4.63. The fourth-order valence-corrected chi connectivity index (χ4v) is 5.77. The van der Waals surface area contributed by atoms with Gasteiger partial charge in [-0.05, 0) is 62.4 Å². The molecular formula is C21H22N4O2S2. The van der Waals surface area contributed by atoms with Gasteiger partial charge in [-0.25, -0.2) is 9.97 Å². The molecule has 0 aliphatic heterocycles. The molecule has 2 N–H and O–H groups in total. The lowest BCUT2D eigenvalue weighted by atomic mass is 9.97. The molecule has 29 heavy (non-hydrogen) atoms. The molecule has 4 rings (SSSR count). The van der Waals surface area contributed by atoms with Crippen molar-refractivity contribution >= 4 is 56.5 Å². The van der Waals surface area contributed by atoms with Crippen molar-refractivity contribution in [2.75, 3.05) is 16.4 Å². The van der Waals surface area contributed by atoms with Crippen LogP contribution in [0.1, 0.15) is 36.0 Å². The lowest BCUT2D eigenvalue weighted by molar-refractivity contribution is -0.114. The first-order valence-electron chi connectivity index (χ1n) is 9.59. The van der Waals surface area contributed by atoms with Crippen LogP contribution in [-0.4, -0.2) is 27.5 Å². The van der Waals surface area contributed by atoms with E-state index in [0.29, 0.717) is 11.4 Å². The molecule has 1 aromatic carbocycles. The zero-order valence-electron chi connectivity index (χ0n) is 16.4. The van der Waals surface area contributed by atoms with Gasteiger partial charge >= 0.3 is 0 Å². The third-order valence-corrected chi connectivity index (χ3v) is 6.88. The van der Waals surface area contributed by atoms with Gasteiger partial charge in [-0.3, -0.25) is 9.59 Å². The van der Waals surface area contributed by atoms with Crippen molar-refractivity contribution < 1.29 is 9.59 Å². The molecule has 0 saturated heterocycles. The Balaban J connectivity index is 1.46. The summed E-state index contributed by atoms with van der Waals surface area (Å²) < 4.78 is 0. The molecule has 150 valence electrons. The van der Waals surface area contributed by atoms with Crippen LogP contribution in [0, 0.1) is 6.92 Å². The number of nitrogens with zero attached hydrogens (tertiary/aromatic N) is 2. The molecule has 1 aliphatic rings.